The summed E-state index contributed by atoms with van der Waals surface area (Å²) in [6.07, 6.45) is 21.1. The zero-order valence-corrected chi connectivity index (χ0v) is 79.9. The first kappa shape index (κ1) is 102. The van der Waals surface area contributed by atoms with Gasteiger partial charge >= 0.3 is 12.1 Å². The molecule has 6 aliphatic rings. The minimum atomic E-state index is -1.38. The number of fused-ring (bicyclic) bond motifs is 6. The monoisotopic (exact) mass is 1880 g/mol. The molecule has 15 atom stereocenters. The number of cyclic esters (lactones) is 1. The Morgan fingerprint density at radius 1 is 0.713 bits per heavy atom. The second kappa shape index (κ2) is 49.7. The lowest BCUT2D eigenvalue weighted by Crippen LogP contribution is -2.55. The van der Waals surface area contributed by atoms with E-state index >= 15 is 0 Å². The number of H-pyrrole nitrogens is 1. The van der Waals surface area contributed by atoms with E-state index in [0.717, 1.165) is 39.7 Å². The Balaban J connectivity index is 0.496. The van der Waals surface area contributed by atoms with Crippen molar-refractivity contribution in [3.05, 3.63) is 149 Å². The van der Waals surface area contributed by atoms with E-state index < -0.39 is 90.4 Å². The van der Waals surface area contributed by atoms with Crippen LogP contribution in [0.5, 0.6) is 0 Å². The number of esters is 1. The molecule has 136 heavy (non-hydrogen) atoms. The highest BCUT2D eigenvalue weighted by molar-refractivity contribution is 6.38. The van der Waals surface area contributed by atoms with Crippen molar-refractivity contribution < 1.29 is 90.8 Å². The second-order valence-electron chi connectivity index (χ2n) is 36.7. The average molecular weight is 1880 g/mol. The van der Waals surface area contributed by atoms with Crippen molar-refractivity contribution in [3.8, 4) is 11.3 Å². The molecule has 4 amide bonds. The zero-order chi connectivity index (χ0) is 96.5. The number of benzene rings is 1. The van der Waals surface area contributed by atoms with Crippen molar-refractivity contribution in [2.45, 2.75) is 212 Å². The number of amides is 4. The van der Waals surface area contributed by atoms with Gasteiger partial charge in [0, 0.05) is 165 Å². The Morgan fingerprint density at radius 2 is 1.43 bits per heavy atom. The number of nitrogen functional groups attached to an aromatic ring is 1. The number of pyridine rings is 1. The van der Waals surface area contributed by atoms with Gasteiger partial charge in [-0.1, -0.05) is 82.4 Å². The fourth-order valence-electron chi connectivity index (χ4n) is 18.8. The number of piperazine rings is 1. The molecule has 2 unspecified atom stereocenters. The van der Waals surface area contributed by atoms with Gasteiger partial charge in [0.1, 0.15) is 65.8 Å². The van der Waals surface area contributed by atoms with E-state index in [1.165, 1.54) is 41.2 Å². The Morgan fingerprint density at radius 3 is 2.14 bits per heavy atom. The number of nitrogens with two attached hydrogens (primary N) is 2. The molecule has 2 bridgehead atoms. The summed E-state index contributed by atoms with van der Waals surface area (Å²) in [5.74, 6) is -3.75. The Labute approximate surface area is 793 Å². The first-order valence-electron chi connectivity index (χ1n) is 47.6. The average Bonchev–Trinajstić information content (AvgIpc) is 1.62. The number of nitrogens with one attached hydrogen (secondary N) is 2. The number of aromatic amines is 1. The number of carbonyl (C=O) groups excluding carboxylic acids is 8. The molecule has 1 aliphatic carbocycles. The number of ketones is 3. The lowest BCUT2D eigenvalue weighted by Gasteiger charge is -2.39. The van der Waals surface area contributed by atoms with Gasteiger partial charge in [0.25, 0.3) is 11.8 Å². The SMILES string of the molecule is CO[C@H]1CC2CC[C@@H](C)C(O2)C(=O)C(=O)N2CCCC[C@H]2C(=O)O[C@H]([C@H](N)C[C@@H]2CC[C@@H](OC(=O)N(C)Cc3cnc(N4CCN(c5ncc(C(=O)NCCOCCOCCOCCOCCC(=O)N6CCc7cc(Cn8nc(-c9cnc%10[nH]ccc%10c9)c9c(N)ncnc98)ccc7C6)cn5)CC4)nc3)[C@H](OC)C2)CC(=O)[C@H](C)/C=C(\C)[C@@H](O)[C@@H](OC)C(=O)[C@H](C)C[C@H](C)/C=C/C=C/C=C/1C. The molecule has 11 heterocycles. The highest BCUT2D eigenvalue weighted by atomic mass is 16.6. The van der Waals surface area contributed by atoms with Gasteiger partial charge in [0.2, 0.25) is 23.6 Å². The number of Topliss-reactive ketones (excluding diaryl/α,β-unsaturated/α-hetero) is 3. The van der Waals surface area contributed by atoms with E-state index in [1.807, 2.05) is 88.9 Å². The Bertz CT molecular complexity index is 5330. The van der Waals surface area contributed by atoms with Crippen LogP contribution in [0.15, 0.2) is 121 Å². The minimum Gasteiger partial charge on any atom is -0.459 e. The van der Waals surface area contributed by atoms with Crippen molar-refractivity contribution in [1.82, 2.24) is 69.7 Å². The number of carbonyl (C=O) groups is 8. The molecular weight excluding hydrogens is 1750 g/mol. The van der Waals surface area contributed by atoms with Crippen LogP contribution < -0.4 is 26.6 Å². The number of nitrogens with zero attached hydrogens (tertiary/aromatic N) is 14. The summed E-state index contributed by atoms with van der Waals surface area (Å²) < 4.78 is 61.1. The van der Waals surface area contributed by atoms with Crippen molar-refractivity contribution in [1.29, 1.82) is 0 Å². The fourth-order valence-corrected chi connectivity index (χ4v) is 18.8. The molecule has 734 valence electrons. The number of piperidine rings is 1. The van der Waals surface area contributed by atoms with Crippen LogP contribution in [-0.2, 0) is 102 Å². The first-order chi connectivity index (χ1) is 65.7. The molecule has 0 radical (unpaired) electrons. The molecule has 1 saturated carbocycles. The summed E-state index contributed by atoms with van der Waals surface area (Å²) in [5.41, 5.74) is 22.0. The number of allylic oxidation sites excluding steroid dienone is 6. The van der Waals surface area contributed by atoms with Crippen LogP contribution in [0.25, 0.3) is 33.3 Å². The second-order valence-corrected chi connectivity index (χ2v) is 36.7. The minimum absolute atomic E-state index is 0.00929. The maximum absolute atomic E-state index is 14.8. The van der Waals surface area contributed by atoms with Crippen LogP contribution in [0.4, 0.5) is 22.5 Å². The van der Waals surface area contributed by atoms with Gasteiger partial charge in [-0.05, 0) is 142 Å². The molecule has 37 nitrogen and oxygen atoms in total. The summed E-state index contributed by atoms with van der Waals surface area (Å²) >= 11 is 0. The quantitative estimate of drug-likeness (QED) is 0.0121. The third kappa shape index (κ3) is 27.2. The fraction of sp³-hybridized carbons (Fsp3) is 0.576. The van der Waals surface area contributed by atoms with E-state index in [9.17, 15) is 43.5 Å². The summed E-state index contributed by atoms with van der Waals surface area (Å²) in [4.78, 5) is 156. The summed E-state index contributed by atoms with van der Waals surface area (Å²) in [6.45, 7) is 18.1. The maximum atomic E-state index is 14.8. The van der Waals surface area contributed by atoms with Crippen molar-refractivity contribution in [2.24, 2.45) is 35.3 Å². The molecule has 13 rings (SSSR count). The standard InChI is InChI=1S/C99H134N18O19/c1-61-16-12-11-13-17-62(2)80(127-8)50-75-23-19-63(3)89(134-75)88(122)95(124)116-30-15-14-18-77(116)96(125)135-81(51-78(118)64(4)45-66(6)87(121)90(129-10)86(120)65(5)44-61)76(100)47-67-21-24-79(82(48-67)128-9)136-99(126)112(7)57-69-52-105-97(106-53-69)113-32-34-114(35-33-113)98-107-55-74(56-108-98)94(123)103-29-37-131-39-41-133-43-42-132-40-38-130-36-27-83(119)115-31-26-70-46-68(20-22-72(70)59-115)58-117-93-84(91(101)109-60-110-93)85(111-117)73-49-71-25-28-102-92(71)104-54-73/h11-13,16-17,20,22,25,28,45-46,49,52-56,60-61,63-65,67,75-77,79-82,87,89-90,121H,14-15,18-19,21,23-24,26-27,29-44,47-48,50-51,57-59,100H2,1-10H3,(H,102,104)(H,103,123)(H2,101,109,110)/b13-11+,16-12+,62-17+,66-45+/t61-,63-,64-,65-,67+,75?,76-,77+,79-,80+,81+,82-,87-,89?,90+/m1/s1. The van der Waals surface area contributed by atoms with E-state index in [4.69, 9.17) is 63.9 Å². The molecule has 5 aliphatic heterocycles. The summed E-state index contributed by atoms with van der Waals surface area (Å²) in [7, 11) is 6.16. The number of rotatable bonds is 30. The molecular formula is C99H134N18O19. The Hall–Kier alpha value is -11.3. The van der Waals surface area contributed by atoms with Crippen LogP contribution in [0.1, 0.15) is 158 Å². The number of hydrogen-bond acceptors (Lipinski definition) is 31. The van der Waals surface area contributed by atoms with Crippen LogP contribution in [0.3, 0.4) is 0 Å². The molecule has 6 aromatic heterocycles. The summed E-state index contributed by atoms with van der Waals surface area (Å²) in [5, 5.41) is 21.1. The molecule has 0 spiro atoms. The summed E-state index contributed by atoms with van der Waals surface area (Å²) in [6, 6.07) is 8.25. The van der Waals surface area contributed by atoms with E-state index in [1.54, 1.807) is 66.7 Å². The van der Waals surface area contributed by atoms with Crippen LogP contribution >= 0.6 is 0 Å². The van der Waals surface area contributed by atoms with Gasteiger partial charge in [-0.15, -0.1) is 0 Å². The van der Waals surface area contributed by atoms with Gasteiger partial charge < -0.3 is 98.7 Å². The van der Waals surface area contributed by atoms with Crippen molar-refractivity contribution >= 4 is 86.9 Å². The first-order valence-corrected chi connectivity index (χ1v) is 47.6. The number of ether oxygens (including phenoxy) is 10. The number of aliphatic hydroxyl groups is 1. The lowest BCUT2D eigenvalue weighted by molar-refractivity contribution is -0.169. The van der Waals surface area contributed by atoms with E-state index in [2.05, 4.69) is 63.4 Å². The number of anilines is 3. The normalized spacial score (nSPS) is 26.0. The largest absolute Gasteiger partial charge is 0.459 e. The Kier molecular flexibility index (Phi) is 37.3. The molecule has 3 saturated heterocycles. The predicted octanol–water partition coefficient (Wildman–Crippen LogP) is 8.82. The van der Waals surface area contributed by atoms with Crippen LogP contribution in [0.2, 0.25) is 0 Å². The molecule has 1 aromatic carbocycles. The number of hydrogen-bond donors (Lipinski definition) is 5. The highest BCUT2D eigenvalue weighted by Gasteiger charge is 2.45. The van der Waals surface area contributed by atoms with Gasteiger partial charge in [-0.3, -0.25) is 28.8 Å². The molecule has 7 aromatic rings. The van der Waals surface area contributed by atoms with Gasteiger partial charge in [0.05, 0.1) is 102 Å². The highest BCUT2D eigenvalue weighted by Crippen LogP contribution is 2.38. The van der Waals surface area contributed by atoms with Gasteiger partial charge in [0.15, 0.2) is 11.4 Å². The van der Waals surface area contributed by atoms with Crippen molar-refractivity contribution in [3.63, 3.8) is 0 Å². The topological polar surface area (TPSA) is 453 Å². The zero-order valence-electron chi connectivity index (χ0n) is 79.9. The number of aliphatic hydroxyl groups excluding tert-OH is 1. The predicted molar refractivity (Wildman–Crippen MR) is 507 cm³/mol. The molecule has 7 N–H and O–H groups in total. The molecule has 37 heteroatoms. The number of methoxy groups -OCH3 is 3. The van der Waals surface area contributed by atoms with E-state index in [-0.39, 0.29) is 106 Å². The smallest absolute Gasteiger partial charge is 0.410 e. The molecule has 4 fully saturated rings. The van der Waals surface area contributed by atoms with E-state index in [0.29, 0.717) is 194 Å². The van der Waals surface area contributed by atoms with Crippen molar-refractivity contribution in [2.75, 3.05) is 143 Å². The third-order valence-corrected chi connectivity index (χ3v) is 26.7. The van der Waals surface area contributed by atoms with Gasteiger partial charge in [-0.2, -0.15) is 5.10 Å². The van der Waals surface area contributed by atoms with Crippen LogP contribution in [0, 0.1) is 29.6 Å². The lowest BCUT2D eigenvalue weighted by atomic mass is 9.80. The third-order valence-electron chi connectivity index (χ3n) is 26.7. The van der Waals surface area contributed by atoms with Crippen LogP contribution in [-0.4, -0.2) is 305 Å². The maximum Gasteiger partial charge on any atom is 0.410 e. The number of aromatic nitrogens is 10. The van der Waals surface area contributed by atoms with Gasteiger partial charge in [-0.25, -0.2) is 49.2 Å².